The summed E-state index contributed by atoms with van der Waals surface area (Å²) in [4.78, 5) is 24.7. The number of ketones is 1. The molecular formula is C17H16N2O2S. The summed E-state index contributed by atoms with van der Waals surface area (Å²) >= 11 is 1.57. The Morgan fingerprint density at radius 1 is 1.18 bits per heavy atom. The SMILES string of the molecule is CCNC(=O)c1cc2sccc2n1CC(=O)c1ccccc1. The number of carbonyl (C=O) groups excluding carboxylic acids is 2. The van der Waals surface area contributed by atoms with Crippen LogP contribution in [0.3, 0.4) is 0 Å². The zero-order valence-corrected chi connectivity index (χ0v) is 13.0. The van der Waals surface area contributed by atoms with Crippen molar-refractivity contribution >= 4 is 33.2 Å². The molecule has 0 atom stereocenters. The van der Waals surface area contributed by atoms with E-state index in [0.717, 1.165) is 10.2 Å². The summed E-state index contributed by atoms with van der Waals surface area (Å²) in [5, 5.41) is 4.77. The Bertz CT molecular complexity index is 818. The zero-order chi connectivity index (χ0) is 15.5. The van der Waals surface area contributed by atoms with Crippen molar-refractivity contribution in [1.82, 2.24) is 9.88 Å². The molecule has 0 radical (unpaired) electrons. The van der Waals surface area contributed by atoms with Gasteiger partial charge in [0.05, 0.1) is 16.8 Å². The lowest BCUT2D eigenvalue weighted by Gasteiger charge is -2.09. The van der Waals surface area contributed by atoms with Gasteiger partial charge in [0, 0.05) is 12.1 Å². The number of nitrogens with zero attached hydrogens (tertiary/aromatic N) is 1. The summed E-state index contributed by atoms with van der Waals surface area (Å²) in [6, 6.07) is 12.9. The molecule has 5 heteroatoms. The van der Waals surface area contributed by atoms with E-state index >= 15 is 0 Å². The first-order chi connectivity index (χ1) is 10.7. The van der Waals surface area contributed by atoms with E-state index in [4.69, 9.17) is 0 Å². The molecule has 0 spiro atoms. The standard InChI is InChI=1S/C17H16N2O2S/c1-2-18-17(21)14-10-16-13(8-9-22-16)19(14)11-15(20)12-6-4-3-5-7-12/h3-10H,2,11H2,1H3,(H,18,21). The highest BCUT2D eigenvalue weighted by atomic mass is 32.1. The minimum absolute atomic E-state index is 0.00477. The molecule has 3 rings (SSSR count). The number of fused-ring (bicyclic) bond motifs is 1. The van der Waals surface area contributed by atoms with Gasteiger partial charge in [-0.25, -0.2) is 0 Å². The number of thiophene rings is 1. The van der Waals surface area contributed by atoms with Crippen LogP contribution in [0.1, 0.15) is 27.8 Å². The van der Waals surface area contributed by atoms with Crippen LogP contribution in [0.25, 0.3) is 10.2 Å². The molecule has 1 amide bonds. The summed E-state index contributed by atoms with van der Waals surface area (Å²) in [5.74, 6) is -0.151. The van der Waals surface area contributed by atoms with E-state index in [1.165, 1.54) is 0 Å². The van der Waals surface area contributed by atoms with Gasteiger partial charge in [0.1, 0.15) is 5.69 Å². The maximum absolute atomic E-state index is 12.5. The van der Waals surface area contributed by atoms with Gasteiger partial charge in [-0.1, -0.05) is 30.3 Å². The predicted molar refractivity (Wildman–Crippen MR) is 88.6 cm³/mol. The molecule has 0 saturated heterocycles. The summed E-state index contributed by atoms with van der Waals surface area (Å²) < 4.78 is 2.81. The summed E-state index contributed by atoms with van der Waals surface area (Å²) in [6.45, 7) is 2.60. The minimum atomic E-state index is -0.147. The lowest BCUT2D eigenvalue weighted by atomic mass is 10.1. The first kappa shape index (κ1) is 14.5. The highest BCUT2D eigenvalue weighted by Crippen LogP contribution is 2.25. The second-order valence-electron chi connectivity index (χ2n) is 4.93. The number of hydrogen-bond acceptors (Lipinski definition) is 3. The number of amides is 1. The zero-order valence-electron chi connectivity index (χ0n) is 12.2. The van der Waals surface area contributed by atoms with Gasteiger partial charge in [0.25, 0.3) is 5.91 Å². The van der Waals surface area contributed by atoms with Crippen LogP contribution in [0.5, 0.6) is 0 Å². The third-order valence-corrected chi connectivity index (χ3v) is 4.34. The van der Waals surface area contributed by atoms with Crippen LogP contribution >= 0.6 is 11.3 Å². The Morgan fingerprint density at radius 2 is 1.95 bits per heavy atom. The van der Waals surface area contributed by atoms with E-state index in [9.17, 15) is 9.59 Å². The average molecular weight is 312 g/mol. The summed E-state index contributed by atoms with van der Waals surface area (Å²) in [6.07, 6.45) is 0. The summed E-state index contributed by atoms with van der Waals surface area (Å²) in [5.41, 5.74) is 2.12. The minimum Gasteiger partial charge on any atom is -0.351 e. The highest BCUT2D eigenvalue weighted by molar-refractivity contribution is 7.17. The Morgan fingerprint density at radius 3 is 2.68 bits per heavy atom. The van der Waals surface area contributed by atoms with Crippen LogP contribution in [0.15, 0.2) is 47.8 Å². The highest BCUT2D eigenvalue weighted by Gasteiger charge is 2.18. The molecule has 4 nitrogen and oxygen atoms in total. The van der Waals surface area contributed by atoms with Gasteiger partial charge in [0.2, 0.25) is 0 Å². The van der Waals surface area contributed by atoms with Gasteiger partial charge < -0.3 is 9.88 Å². The van der Waals surface area contributed by atoms with Crippen LogP contribution in [0.4, 0.5) is 0 Å². The number of aromatic nitrogens is 1. The van der Waals surface area contributed by atoms with Crippen molar-refractivity contribution in [1.29, 1.82) is 0 Å². The van der Waals surface area contributed by atoms with Gasteiger partial charge in [-0.05, 0) is 24.4 Å². The topological polar surface area (TPSA) is 51.1 Å². The molecule has 0 saturated carbocycles. The molecule has 3 aromatic rings. The maximum Gasteiger partial charge on any atom is 0.267 e. The van der Waals surface area contributed by atoms with Gasteiger partial charge in [-0.3, -0.25) is 9.59 Å². The smallest absolute Gasteiger partial charge is 0.267 e. The van der Waals surface area contributed by atoms with Crippen molar-refractivity contribution < 1.29 is 9.59 Å². The molecule has 112 valence electrons. The number of benzene rings is 1. The van der Waals surface area contributed by atoms with E-state index in [2.05, 4.69) is 5.32 Å². The van der Waals surface area contributed by atoms with Gasteiger partial charge in [-0.15, -0.1) is 11.3 Å². The number of nitrogens with one attached hydrogen (secondary N) is 1. The van der Waals surface area contributed by atoms with E-state index in [-0.39, 0.29) is 18.2 Å². The van der Waals surface area contributed by atoms with E-state index in [1.54, 1.807) is 28.0 Å². The fraction of sp³-hybridized carbons (Fsp3) is 0.176. The van der Waals surface area contributed by atoms with Crippen molar-refractivity contribution in [2.75, 3.05) is 6.54 Å². The second kappa shape index (κ2) is 6.15. The van der Waals surface area contributed by atoms with Crippen molar-refractivity contribution in [3.05, 3.63) is 59.1 Å². The molecule has 0 fully saturated rings. The number of carbonyl (C=O) groups is 2. The fourth-order valence-electron chi connectivity index (χ4n) is 2.45. The van der Waals surface area contributed by atoms with Gasteiger partial charge >= 0.3 is 0 Å². The Balaban J connectivity index is 1.98. The Hall–Kier alpha value is -2.40. The first-order valence-electron chi connectivity index (χ1n) is 7.14. The van der Waals surface area contributed by atoms with E-state index in [1.807, 2.05) is 42.6 Å². The number of rotatable bonds is 5. The van der Waals surface area contributed by atoms with Crippen LogP contribution in [-0.2, 0) is 6.54 Å². The quantitative estimate of drug-likeness (QED) is 0.735. The average Bonchev–Trinajstić information content (AvgIpc) is 3.11. The maximum atomic E-state index is 12.5. The largest absolute Gasteiger partial charge is 0.351 e. The van der Waals surface area contributed by atoms with Gasteiger partial charge in [0.15, 0.2) is 5.78 Å². The Kier molecular flexibility index (Phi) is 4.06. The van der Waals surface area contributed by atoms with Gasteiger partial charge in [-0.2, -0.15) is 0 Å². The third kappa shape index (κ3) is 2.67. The monoisotopic (exact) mass is 312 g/mol. The molecule has 0 bridgehead atoms. The van der Waals surface area contributed by atoms with E-state index < -0.39 is 0 Å². The fourth-order valence-corrected chi connectivity index (χ4v) is 3.27. The molecule has 2 heterocycles. The molecule has 0 unspecified atom stereocenters. The normalized spacial score (nSPS) is 10.8. The molecule has 0 aliphatic heterocycles. The lowest BCUT2D eigenvalue weighted by Crippen LogP contribution is -2.26. The van der Waals surface area contributed by atoms with Crippen LogP contribution < -0.4 is 5.32 Å². The molecular weight excluding hydrogens is 296 g/mol. The van der Waals surface area contributed by atoms with Crippen LogP contribution in [0, 0.1) is 0 Å². The van der Waals surface area contributed by atoms with Crippen molar-refractivity contribution in [2.24, 2.45) is 0 Å². The predicted octanol–water partition coefficient (Wildman–Crippen LogP) is 3.34. The molecule has 22 heavy (non-hydrogen) atoms. The van der Waals surface area contributed by atoms with Crippen molar-refractivity contribution in [2.45, 2.75) is 13.5 Å². The van der Waals surface area contributed by atoms with Crippen LogP contribution in [0.2, 0.25) is 0 Å². The lowest BCUT2D eigenvalue weighted by molar-refractivity contribution is 0.0940. The van der Waals surface area contributed by atoms with E-state index in [0.29, 0.717) is 17.8 Å². The third-order valence-electron chi connectivity index (χ3n) is 3.49. The van der Waals surface area contributed by atoms with Crippen LogP contribution in [-0.4, -0.2) is 22.8 Å². The number of hydrogen-bond donors (Lipinski definition) is 1. The molecule has 1 aromatic carbocycles. The molecule has 0 aliphatic rings. The molecule has 0 aliphatic carbocycles. The summed E-state index contributed by atoms with van der Waals surface area (Å²) in [7, 11) is 0. The second-order valence-corrected chi connectivity index (χ2v) is 5.88. The Labute approximate surface area is 132 Å². The molecule has 2 aromatic heterocycles. The van der Waals surface area contributed by atoms with Crippen molar-refractivity contribution in [3.63, 3.8) is 0 Å². The number of Topliss-reactive ketones (excluding diaryl/α,β-unsaturated/α-hetero) is 1. The molecule has 1 N–H and O–H groups in total. The first-order valence-corrected chi connectivity index (χ1v) is 8.02. The van der Waals surface area contributed by atoms with Crippen molar-refractivity contribution in [3.8, 4) is 0 Å².